The van der Waals surface area contributed by atoms with E-state index in [0.717, 1.165) is 22.7 Å². The Morgan fingerprint density at radius 1 is 1.42 bits per heavy atom. The molecule has 4 nitrogen and oxygen atoms in total. The molecule has 0 saturated carbocycles. The van der Waals surface area contributed by atoms with E-state index in [1.54, 1.807) is 12.1 Å². The molecule has 2 aromatic rings. The van der Waals surface area contributed by atoms with Gasteiger partial charge in [0.25, 0.3) is 5.91 Å². The molecule has 1 unspecified atom stereocenters. The van der Waals surface area contributed by atoms with E-state index in [2.05, 4.69) is 11.9 Å². The van der Waals surface area contributed by atoms with Crippen LogP contribution in [0.5, 0.6) is 0 Å². The Morgan fingerprint density at radius 3 is 2.88 bits per heavy atom. The molecular weight excluding hydrogens is 327 g/mol. The zero-order valence-corrected chi connectivity index (χ0v) is 14.7. The number of hydrogen-bond acceptors (Lipinski definition) is 4. The minimum absolute atomic E-state index is 0.0390. The summed E-state index contributed by atoms with van der Waals surface area (Å²) in [6, 6.07) is 6.39. The van der Waals surface area contributed by atoms with Crippen LogP contribution in [0.1, 0.15) is 39.3 Å². The number of amides is 1. The van der Waals surface area contributed by atoms with Gasteiger partial charge in [-0.05, 0) is 31.0 Å². The van der Waals surface area contributed by atoms with Gasteiger partial charge >= 0.3 is 0 Å². The normalized spacial score (nSPS) is 18.0. The molecular formula is C18H21FN2O2S. The molecule has 1 aliphatic rings. The molecule has 1 aromatic carbocycles. The number of aromatic nitrogens is 1. The Morgan fingerprint density at radius 2 is 2.17 bits per heavy atom. The Kier molecular flexibility index (Phi) is 5.26. The summed E-state index contributed by atoms with van der Waals surface area (Å²) in [5.41, 5.74) is 1.75. The Hall–Kier alpha value is -1.79. The van der Waals surface area contributed by atoms with Gasteiger partial charge in [-0.3, -0.25) is 4.79 Å². The van der Waals surface area contributed by atoms with Gasteiger partial charge in [-0.2, -0.15) is 0 Å². The van der Waals surface area contributed by atoms with Gasteiger partial charge in [0.05, 0.1) is 23.4 Å². The number of hydrogen-bond donors (Lipinski definition) is 0. The summed E-state index contributed by atoms with van der Waals surface area (Å²) in [5, 5.41) is 0.878. The molecule has 0 aliphatic carbocycles. The van der Waals surface area contributed by atoms with E-state index in [9.17, 15) is 9.18 Å². The minimum Gasteiger partial charge on any atom is -0.375 e. The third-order valence-electron chi connectivity index (χ3n) is 4.19. The molecule has 0 spiro atoms. The molecule has 24 heavy (non-hydrogen) atoms. The predicted molar refractivity (Wildman–Crippen MR) is 92.0 cm³/mol. The maximum absolute atomic E-state index is 13.0. The second kappa shape index (κ2) is 7.40. The van der Waals surface area contributed by atoms with E-state index in [1.165, 1.54) is 23.5 Å². The van der Waals surface area contributed by atoms with Gasteiger partial charge in [-0.1, -0.05) is 19.1 Å². The van der Waals surface area contributed by atoms with E-state index in [-0.39, 0.29) is 17.8 Å². The van der Waals surface area contributed by atoms with Gasteiger partial charge in [-0.15, -0.1) is 11.3 Å². The van der Waals surface area contributed by atoms with Gasteiger partial charge in [0, 0.05) is 19.5 Å². The van der Waals surface area contributed by atoms with Crippen LogP contribution in [-0.4, -0.2) is 41.6 Å². The number of benzene rings is 1. The summed E-state index contributed by atoms with van der Waals surface area (Å²) in [4.78, 5) is 19.9. The van der Waals surface area contributed by atoms with Crippen molar-refractivity contribution in [1.82, 2.24) is 9.88 Å². The minimum atomic E-state index is -0.247. The number of morpholine rings is 1. The first-order valence-electron chi connectivity index (χ1n) is 8.18. The van der Waals surface area contributed by atoms with E-state index in [0.29, 0.717) is 31.0 Å². The lowest BCUT2D eigenvalue weighted by Gasteiger charge is -2.32. The largest absolute Gasteiger partial charge is 0.375 e. The Labute approximate surface area is 145 Å². The molecule has 1 saturated heterocycles. The number of ether oxygens (including phenoxy) is 1. The third-order valence-corrected chi connectivity index (χ3v) is 5.33. The van der Waals surface area contributed by atoms with Gasteiger partial charge in [0.2, 0.25) is 0 Å². The van der Waals surface area contributed by atoms with E-state index in [1.807, 2.05) is 11.8 Å². The molecule has 1 atom stereocenters. The van der Waals surface area contributed by atoms with E-state index < -0.39 is 0 Å². The molecule has 3 rings (SSSR count). The van der Waals surface area contributed by atoms with Crippen molar-refractivity contribution in [2.45, 2.75) is 32.8 Å². The summed E-state index contributed by atoms with van der Waals surface area (Å²) in [6.45, 7) is 5.79. The lowest BCUT2D eigenvalue weighted by atomic mass is 10.1. The first-order valence-corrected chi connectivity index (χ1v) is 9.00. The second-order valence-electron chi connectivity index (χ2n) is 5.98. The highest BCUT2D eigenvalue weighted by Crippen LogP contribution is 2.23. The zero-order chi connectivity index (χ0) is 17.1. The molecule has 6 heteroatoms. The average Bonchev–Trinajstić information content (AvgIpc) is 2.96. The van der Waals surface area contributed by atoms with Crippen molar-refractivity contribution in [2.75, 3.05) is 19.7 Å². The number of carbonyl (C=O) groups excluding carboxylic acids is 1. The average molecular weight is 348 g/mol. The highest BCUT2D eigenvalue weighted by atomic mass is 32.1. The maximum atomic E-state index is 13.0. The first kappa shape index (κ1) is 17.0. The lowest BCUT2D eigenvalue weighted by molar-refractivity contribution is -0.0224. The van der Waals surface area contributed by atoms with Crippen LogP contribution in [0, 0.1) is 12.7 Å². The number of rotatable bonds is 4. The number of halogens is 1. The van der Waals surface area contributed by atoms with Crippen LogP contribution in [-0.2, 0) is 11.2 Å². The van der Waals surface area contributed by atoms with Crippen LogP contribution in [0.3, 0.4) is 0 Å². The Balaban J connectivity index is 1.73. The predicted octanol–water partition coefficient (Wildman–Crippen LogP) is 3.43. The summed E-state index contributed by atoms with van der Waals surface area (Å²) in [5.74, 6) is -0.208. The molecule has 0 N–H and O–H groups in total. The van der Waals surface area contributed by atoms with Crippen molar-refractivity contribution < 1.29 is 13.9 Å². The molecule has 128 valence electrons. The summed E-state index contributed by atoms with van der Waals surface area (Å²) < 4.78 is 18.6. The van der Waals surface area contributed by atoms with Gasteiger partial charge in [0.15, 0.2) is 0 Å². The van der Waals surface area contributed by atoms with Crippen LogP contribution >= 0.6 is 11.3 Å². The fourth-order valence-electron chi connectivity index (χ4n) is 2.80. The van der Waals surface area contributed by atoms with Crippen LogP contribution in [0.15, 0.2) is 24.3 Å². The van der Waals surface area contributed by atoms with Crippen molar-refractivity contribution >= 4 is 17.2 Å². The topological polar surface area (TPSA) is 42.4 Å². The molecule has 2 heterocycles. The van der Waals surface area contributed by atoms with Crippen LogP contribution in [0.25, 0.3) is 0 Å². The fraction of sp³-hybridized carbons (Fsp3) is 0.444. The molecule has 1 fully saturated rings. The highest BCUT2D eigenvalue weighted by Gasteiger charge is 2.26. The van der Waals surface area contributed by atoms with E-state index >= 15 is 0 Å². The fourth-order valence-corrected chi connectivity index (χ4v) is 3.86. The number of nitrogens with zero attached hydrogens (tertiary/aromatic N) is 2. The number of thiazole rings is 1. The number of carbonyl (C=O) groups is 1. The van der Waals surface area contributed by atoms with Crippen LogP contribution in [0.2, 0.25) is 0 Å². The van der Waals surface area contributed by atoms with Gasteiger partial charge < -0.3 is 9.64 Å². The SMILES string of the molecule is CCC1CN(C(=O)c2sc(Cc3ccc(F)cc3)nc2C)CCO1. The van der Waals surface area contributed by atoms with Gasteiger partial charge in [-0.25, -0.2) is 9.37 Å². The van der Waals surface area contributed by atoms with Crippen LogP contribution < -0.4 is 0 Å². The van der Waals surface area contributed by atoms with Gasteiger partial charge in [0.1, 0.15) is 10.7 Å². The molecule has 1 aliphatic heterocycles. The third kappa shape index (κ3) is 3.82. The quantitative estimate of drug-likeness (QED) is 0.850. The zero-order valence-electron chi connectivity index (χ0n) is 13.9. The summed E-state index contributed by atoms with van der Waals surface area (Å²) >= 11 is 1.43. The maximum Gasteiger partial charge on any atom is 0.266 e. The van der Waals surface area contributed by atoms with Crippen molar-refractivity contribution in [3.05, 3.63) is 51.2 Å². The van der Waals surface area contributed by atoms with Crippen LogP contribution in [0.4, 0.5) is 4.39 Å². The smallest absolute Gasteiger partial charge is 0.266 e. The number of aryl methyl sites for hydroxylation is 1. The summed E-state index contributed by atoms with van der Waals surface area (Å²) in [7, 11) is 0. The van der Waals surface area contributed by atoms with Crippen molar-refractivity contribution in [2.24, 2.45) is 0 Å². The van der Waals surface area contributed by atoms with Crippen molar-refractivity contribution in [3.8, 4) is 0 Å². The summed E-state index contributed by atoms with van der Waals surface area (Å²) in [6.07, 6.45) is 1.63. The molecule has 0 bridgehead atoms. The molecule has 1 amide bonds. The van der Waals surface area contributed by atoms with E-state index in [4.69, 9.17) is 4.74 Å². The van der Waals surface area contributed by atoms with Crippen molar-refractivity contribution in [1.29, 1.82) is 0 Å². The molecule has 1 aromatic heterocycles. The second-order valence-corrected chi connectivity index (χ2v) is 7.06. The van der Waals surface area contributed by atoms with Crippen molar-refractivity contribution in [3.63, 3.8) is 0 Å². The highest BCUT2D eigenvalue weighted by molar-refractivity contribution is 7.13. The monoisotopic (exact) mass is 348 g/mol. The lowest BCUT2D eigenvalue weighted by Crippen LogP contribution is -2.45. The first-order chi connectivity index (χ1) is 11.6. The standard InChI is InChI=1S/C18H21FN2O2S/c1-3-15-11-21(8-9-23-15)18(22)17-12(2)20-16(24-17)10-13-4-6-14(19)7-5-13/h4-7,15H,3,8-11H2,1-2H3. The Bertz CT molecular complexity index is 714. The molecule has 0 radical (unpaired) electrons.